The van der Waals surface area contributed by atoms with Crippen LogP contribution in [-0.2, 0) is 12.8 Å². The van der Waals surface area contributed by atoms with Gasteiger partial charge in [-0.25, -0.2) is 18.6 Å². The quantitative estimate of drug-likeness (QED) is 0.616. The van der Waals surface area contributed by atoms with Gasteiger partial charge in [-0.3, -0.25) is 0 Å². The van der Waals surface area contributed by atoms with E-state index in [2.05, 4.69) is 43.0 Å². The molecular weight excluding hydrogens is 338 g/mol. The number of thiazole rings is 1. The highest BCUT2D eigenvalue weighted by Crippen LogP contribution is 2.25. The highest BCUT2D eigenvalue weighted by Gasteiger charge is 2.26. The number of benzene rings is 1. The fourth-order valence-corrected chi connectivity index (χ4v) is 4.23. The molecule has 3 rings (SSSR count). The van der Waals surface area contributed by atoms with Crippen LogP contribution in [0.3, 0.4) is 0 Å². The third kappa shape index (κ3) is 4.97. The average Bonchev–Trinajstić information content (AvgIpc) is 2.80. The van der Waals surface area contributed by atoms with Crippen LogP contribution in [0, 0.1) is 31.0 Å². The van der Waals surface area contributed by atoms with Crippen molar-refractivity contribution in [2.75, 3.05) is 0 Å². The third-order valence-corrected chi connectivity index (χ3v) is 4.90. The molecule has 1 heterocycles. The van der Waals surface area contributed by atoms with Crippen molar-refractivity contribution in [3.05, 3.63) is 44.9 Å². The summed E-state index contributed by atoms with van der Waals surface area (Å²) in [4.78, 5) is 1.60. The summed E-state index contributed by atoms with van der Waals surface area (Å²) < 4.78 is 36.4. The first kappa shape index (κ1) is 18.3. The van der Waals surface area contributed by atoms with Gasteiger partial charge in [0.25, 0.3) is 0 Å². The zero-order valence-electron chi connectivity index (χ0n) is 13.4. The maximum atomic E-state index is 8.49. The SMILES string of the molecule is Cc1cc(C)c(-[n+]2csc3c2CCCC3)c(C)c1.[O-][Cl+3]([O-])([O-])[O-]. The predicted octanol–water partition coefficient (Wildman–Crippen LogP) is -0.927. The van der Waals surface area contributed by atoms with Gasteiger partial charge in [-0.15, -0.1) is 10.2 Å². The second-order valence-corrected chi connectivity index (χ2v) is 7.49. The second kappa shape index (κ2) is 7.25. The molecule has 0 saturated carbocycles. The van der Waals surface area contributed by atoms with E-state index in [9.17, 15) is 0 Å². The number of fused-ring (bicyclic) bond motifs is 1. The topological polar surface area (TPSA) is 96.1 Å². The number of aryl methyl sites for hydroxylation is 4. The molecule has 0 atom stereocenters. The van der Waals surface area contributed by atoms with Crippen LogP contribution in [0.1, 0.15) is 40.1 Å². The van der Waals surface area contributed by atoms with Crippen molar-refractivity contribution in [2.45, 2.75) is 46.5 Å². The second-order valence-electron chi connectivity index (χ2n) is 5.80. The molecule has 126 valence electrons. The minimum Gasteiger partial charge on any atom is -0.222 e. The van der Waals surface area contributed by atoms with Crippen molar-refractivity contribution in [3.63, 3.8) is 0 Å². The molecule has 1 aliphatic carbocycles. The molecule has 0 radical (unpaired) electrons. The molecule has 2 aromatic rings. The van der Waals surface area contributed by atoms with E-state index in [4.69, 9.17) is 18.6 Å². The number of nitrogens with zero attached hydrogens (tertiary/aromatic N) is 1. The van der Waals surface area contributed by atoms with Gasteiger partial charge >= 0.3 is 0 Å². The van der Waals surface area contributed by atoms with Gasteiger partial charge in [0, 0.05) is 17.5 Å². The van der Waals surface area contributed by atoms with E-state index >= 15 is 0 Å². The summed E-state index contributed by atoms with van der Waals surface area (Å²) in [5.74, 6) is 0. The lowest BCUT2D eigenvalue weighted by molar-refractivity contribution is -2.00. The molecule has 0 unspecified atom stereocenters. The summed E-state index contributed by atoms with van der Waals surface area (Å²) in [6.45, 7) is 6.64. The summed E-state index contributed by atoms with van der Waals surface area (Å²) in [6, 6.07) is 4.59. The van der Waals surface area contributed by atoms with Crippen molar-refractivity contribution < 1.29 is 33.4 Å². The van der Waals surface area contributed by atoms with Crippen molar-refractivity contribution in [1.82, 2.24) is 0 Å². The number of rotatable bonds is 1. The van der Waals surface area contributed by atoms with E-state index in [1.54, 1.807) is 10.6 Å². The Morgan fingerprint density at radius 3 is 2.04 bits per heavy atom. The first-order valence-corrected chi connectivity index (χ1v) is 9.49. The van der Waals surface area contributed by atoms with Gasteiger partial charge < -0.3 is 0 Å². The Bertz CT molecular complexity index is 665. The molecule has 0 spiro atoms. The van der Waals surface area contributed by atoms with E-state index in [-0.39, 0.29) is 0 Å². The summed E-state index contributed by atoms with van der Waals surface area (Å²) in [5.41, 5.74) is 9.41. The van der Waals surface area contributed by atoms with Crippen molar-refractivity contribution in [2.24, 2.45) is 0 Å². The lowest BCUT2D eigenvalue weighted by Gasteiger charge is -2.17. The monoisotopic (exact) mass is 357 g/mol. The van der Waals surface area contributed by atoms with Crippen LogP contribution in [0.2, 0.25) is 0 Å². The van der Waals surface area contributed by atoms with Gasteiger partial charge in [-0.05, 0) is 52.2 Å². The van der Waals surface area contributed by atoms with Crippen LogP contribution in [0.5, 0.6) is 0 Å². The van der Waals surface area contributed by atoms with Gasteiger partial charge in [-0.1, -0.05) is 16.9 Å². The normalized spacial score (nSPS) is 14.0. The van der Waals surface area contributed by atoms with Crippen LogP contribution < -0.4 is 23.2 Å². The summed E-state index contributed by atoms with van der Waals surface area (Å²) in [7, 11) is -4.94. The molecule has 1 aromatic carbocycles. The fraction of sp³-hybridized carbons (Fsp3) is 0.438. The summed E-state index contributed by atoms with van der Waals surface area (Å²) in [5, 5.41) is 0. The molecule has 0 N–H and O–H groups in total. The van der Waals surface area contributed by atoms with Gasteiger partial charge in [0.1, 0.15) is 0 Å². The molecule has 1 aromatic heterocycles. The average molecular weight is 358 g/mol. The first-order valence-electron chi connectivity index (χ1n) is 7.37. The van der Waals surface area contributed by atoms with Crippen LogP contribution in [0.25, 0.3) is 5.69 Å². The van der Waals surface area contributed by atoms with Crippen molar-refractivity contribution >= 4 is 11.3 Å². The molecule has 23 heavy (non-hydrogen) atoms. The standard InChI is InChI=1S/C16H20NS.ClHO4/c1-11-8-12(2)16(13(3)9-11)17-10-18-15-7-5-4-6-14(15)17;2-1(3,4)5/h8-10H,4-7H2,1-3H3;(H,2,3,4,5)/q+1;/p-1. The molecule has 0 fully saturated rings. The zero-order valence-corrected chi connectivity index (χ0v) is 15.0. The Morgan fingerprint density at radius 1 is 0.957 bits per heavy atom. The number of hydrogen-bond acceptors (Lipinski definition) is 5. The smallest absolute Gasteiger partial charge is 0.222 e. The predicted molar refractivity (Wildman–Crippen MR) is 76.7 cm³/mol. The fourth-order valence-electron chi connectivity index (χ4n) is 3.16. The van der Waals surface area contributed by atoms with Crippen LogP contribution in [0.4, 0.5) is 0 Å². The molecule has 0 amide bonds. The zero-order chi connectivity index (χ0) is 17.2. The Balaban J connectivity index is 0.000000338. The molecule has 0 saturated heterocycles. The van der Waals surface area contributed by atoms with Crippen molar-refractivity contribution in [3.8, 4) is 5.69 Å². The van der Waals surface area contributed by atoms with Gasteiger partial charge in [0.15, 0.2) is 0 Å². The Morgan fingerprint density at radius 2 is 1.48 bits per heavy atom. The van der Waals surface area contributed by atoms with Crippen molar-refractivity contribution in [1.29, 1.82) is 0 Å². The highest BCUT2D eigenvalue weighted by atomic mass is 35.7. The molecule has 0 aliphatic heterocycles. The van der Waals surface area contributed by atoms with E-state index < -0.39 is 10.2 Å². The molecular formula is C16H20ClNO4S. The summed E-state index contributed by atoms with van der Waals surface area (Å²) >= 11 is 1.93. The maximum Gasteiger partial charge on any atom is 0.231 e. The Labute approximate surface area is 142 Å². The van der Waals surface area contributed by atoms with Crippen LogP contribution in [0.15, 0.2) is 17.6 Å². The number of aromatic nitrogens is 1. The Hall–Kier alpha value is -1.02. The maximum absolute atomic E-state index is 8.49. The molecule has 7 heteroatoms. The van der Waals surface area contributed by atoms with E-state index in [1.807, 2.05) is 11.3 Å². The lowest BCUT2D eigenvalue weighted by atomic mass is 10.0. The van der Waals surface area contributed by atoms with Crippen LogP contribution >= 0.6 is 11.3 Å². The molecule has 5 nitrogen and oxygen atoms in total. The highest BCUT2D eigenvalue weighted by molar-refractivity contribution is 7.09. The molecule has 0 bridgehead atoms. The largest absolute Gasteiger partial charge is 0.231 e. The summed E-state index contributed by atoms with van der Waals surface area (Å²) in [6.07, 6.45) is 5.22. The van der Waals surface area contributed by atoms with E-state index in [0.29, 0.717) is 0 Å². The van der Waals surface area contributed by atoms with Gasteiger partial charge in [0.2, 0.25) is 16.9 Å². The van der Waals surface area contributed by atoms with Gasteiger partial charge in [-0.2, -0.15) is 4.57 Å². The third-order valence-electron chi connectivity index (χ3n) is 3.86. The van der Waals surface area contributed by atoms with E-state index in [1.165, 1.54) is 48.1 Å². The number of hydrogen-bond donors (Lipinski definition) is 0. The Kier molecular flexibility index (Phi) is 5.78. The van der Waals surface area contributed by atoms with Gasteiger partial charge in [0.05, 0.1) is 4.88 Å². The lowest BCUT2D eigenvalue weighted by Crippen LogP contribution is -2.68. The van der Waals surface area contributed by atoms with E-state index in [0.717, 1.165) is 0 Å². The number of halogens is 1. The first-order chi connectivity index (χ1) is 10.7. The van der Waals surface area contributed by atoms with Crippen LogP contribution in [-0.4, -0.2) is 0 Å². The molecule has 1 aliphatic rings. The minimum atomic E-state index is -4.94. The minimum absolute atomic E-state index is 1.24.